The minimum absolute atomic E-state index is 0.131. The number of furan rings is 1. The smallest absolute Gasteiger partial charge is 0.232 e. The summed E-state index contributed by atoms with van der Waals surface area (Å²) in [6.07, 6.45) is 0.722. The zero-order chi connectivity index (χ0) is 18.4. The molecule has 0 aliphatic rings. The minimum atomic E-state index is -0.319. The highest BCUT2D eigenvalue weighted by atomic mass is 35.5. The molecular weight excluding hydrogens is 371 g/mol. The standard InChI is InChI=1S/C21H14Cl2O3/c1-2-11-3-4-12(13-5-6-15(22)16(23)10-13)9-14(11)19-20(24)17-7-8-18(26-17)21(19)25/h3-10,24H,2H2,1H3. The first-order valence-corrected chi connectivity index (χ1v) is 8.92. The summed E-state index contributed by atoms with van der Waals surface area (Å²) >= 11 is 12.1. The molecule has 0 spiro atoms. The molecule has 5 heteroatoms. The molecule has 0 radical (unpaired) electrons. The summed E-state index contributed by atoms with van der Waals surface area (Å²) in [6.45, 7) is 2.01. The van der Waals surface area contributed by atoms with Gasteiger partial charge in [0.1, 0.15) is 0 Å². The van der Waals surface area contributed by atoms with Crippen molar-refractivity contribution in [3.8, 4) is 28.0 Å². The molecule has 0 atom stereocenters. The van der Waals surface area contributed by atoms with E-state index in [1.165, 1.54) is 0 Å². The Kier molecular flexibility index (Phi) is 4.14. The highest BCUT2D eigenvalue weighted by Crippen LogP contribution is 2.37. The maximum absolute atomic E-state index is 12.7. The lowest BCUT2D eigenvalue weighted by Crippen LogP contribution is -2.05. The number of benzene rings is 2. The lowest BCUT2D eigenvalue weighted by atomic mass is 9.93. The van der Waals surface area contributed by atoms with Crippen LogP contribution in [0.5, 0.6) is 5.75 Å². The van der Waals surface area contributed by atoms with Gasteiger partial charge in [0.05, 0.1) is 15.6 Å². The molecule has 0 fully saturated rings. The Balaban J connectivity index is 1.98. The maximum atomic E-state index is 12.7. The first-order valence-electron chi connectivity index (χ1n) is 8.16. The third-order valence-corrected chi connectivity index (χ3v) is 5.28. The van der Waals surface area contributed by atoms with Crippen LogP contribution in [0.15, 0.2) is 57.7 Å². The van der Waals surface area contributed by atoms with E-state index in [1.54, 1.807) is 24.3 Å². The van der Waals surface area contributed by atoms with Gasteiger partial charge >= 0.3 is 0 Å². The molecule has 3 nitrogen and oxygen atoms in total. The number of aromatic hydroxyl groups is 1. The summed E-state index contributed by atoms with van der Waals surface area (Å²) in [5.41, 5.74) is 3.90. The largest absolute Gasteiger partial charge is 0.504 e. The van der Waals surface area contributed by atoms with Gasteiger partial charge in [0.2, 0.25) is 5.43 Å². The topological polar surface area (TPSA) is 50.4 Å². The van der Waals surface area contributed by atoms with Crippen LogP contribution in [0.25, 0.3) is 33.4 Å². The first kappa shape index (κ1) is 17.0. The molecule has 0 aliphatic carbocycles. The van der Waals surface area contributed by atoms with Crippen LogP contribution >= 0.6 is 23.2 Å². The fourth-order valence-electron chi connectivity index (χ4n) is 3.16. The van der Waals surface area contributed by atoms with Gasteiger partial charge in [-0.3, -0.25) is 4.79 Å². The number of halogens is 2. The number of rotatable bonds is 3. The number of fused-ring (bicyclic) bond motifs is 2. The number of hydrogen-bond donors (Lipinski definition) is 1. The molecule has 0 aliphatic heterocycles. The third kappa shape index (κ3) is 2.64. The normalized spacial score (nSPS) is 11.3. The molecular formula is C21H14Cl2O3. The van der Waals surface area contributed by atoms with Gasteiger partial charge in [0.15, 0.2) is 16.9 Å². The zero-order valence-corrected chi connectivity index (χ0v) is 15.4. The highest BCUT2D eigenvalue weighted by molar-refractivity contribution is 6.42. The maximum Gasteiger partial charge on any atom is 0.232 e. The summed E-state index contributed by atoms with van der Waals surface area (Å²) in [5.74, 6) is -0.131. The molecule has 4 rings (SSSR count). The van der Waals surface area contributed by atoms with Crippen LogP contribution in [0.2, 0.25) is 10.0 Å². The summed E-state index contributed by atoms with van der Waals surface area (Å²) in [6, 6.07) is 14.4. The second-order valence-electron chi connectivity index (χ2n) is 6.07. The molecule has 2 aromatic heterocycles. The Morgan fingerprint density at radius 2 is 1.62 bits per heavy atom. The van der Waals surface area contributed by atoms with Gasteiger partial charge in [0.25, 0.3) is 0 Å². The van der Waals surface area contributed by atoms with Crippen molar-refractivity contribution in [3.63, 3.8) is 0 Å². The summed E-state index contributed by atoms with van der Waals surface area (Å²) in [5, 5.41) is 11.5. The van der Waals surface area contributed by atoms with E-state index in [9.17, 15) is 9.90 Å². The van der Waals surface area contributed by atoms with Gasteiger partial charge < -0.3 is 9.52 Å². The van der Waals surface area contributed by atoms with E-state index in [1.807, 2.05) is 31.2 Å². The highest BCUT2D eigenvalue weighted by Gasteiger charge is 2.20. The monoisotopic (exact) mass is 384 g/mol. The number of aryl methyl sites for hydroxylation is 1. The molecule has 0 amide bonds. The van der Waals surface area contributed by atoms with Crippen molar-refractivity contribution in [3.05, 3.63) is 74.4 Å². The molecule has 130 valence electrons. The molecule has 2 heterocycles. The van der Waals surface area contributed by atoms with Crippen LogP contribution in [0.3, 0.4) is 0 Å². The SMILES string of the molecule is CCc1ccc(-c2ccc(Cl)c(Cl)c2)cc1-c1c(O)c2ccc(o2)c1=O. The van der Waals surface area contributed by atoms with Crippen molar-refractivity contribution < 1.29 is 9.52 Å². The lowest BCUT2D eigenvalue weighted by Gasteiger charge is -2.12. The van der Waals surface area contributed by atoms with E-state index in [4.69, 9.17) is 27.6 Å². The van der Waals surface area contributed by atoms with Gasteiger partial charge in [-0.2, -0.15) is 0 Å². The zero-order valence-electron chi connectivity index (χ0n) is 13.8. The molecule has 0 saturated carbocycles. The van der Waals surface area contributed by atoms with Gasteiger partial charge in [0, 0.05) is 0 Å². The predicted molar refractivity (Wildman–Crippen MR) is 106 cm³/mol. The molecule has 2 aromatic carbocycles. The molecule has 26 heavy (non-hydrogen) atoms. The van der Waals surface area contributed by atoms with Gasteiger partial charge in [-0.05, 0) is 59.0 Å². The van der Waals surface area contributed by atoms with E-state index >= 15 is 0 Å². The van der Waals surface area contributed by atoms with Crippen molar-refractivity contribution in [2.75, 3.05) is 0 Å². The minimum Gasteiger partial charge on any atom is -0.504 e. The fourth-order valence-corrected chi connectivity index (χ4v) is 3.46. The molecule has 1 N–H and O–H groups in total. The van der Waals surface area contributed by atoms with Crippen LogP contribution in [0.4, 0.5) is 0 Å². The molecule has 2 bridgehead atoms. The van der Waals surface area contributed by atoms with Gasteiger partial charge in [-0.25, -0.2) is 0 Å². The second-order valence-corrected chi connectivity index (χ2v) is 6.89. The molecule has 0 saturated heterocycles. The second kappa shape index (κ2) is 6.35. The molecule has 4 aromatic rings. The average molecular weight is 385 g/mol. The van der Waals surface area contributed by atoms with Crippen molar-refractivity contribution in [1.29, 1.82) is 0 Å². The Hall–Kier alpha value is -2.49. The summed E-state index contributed by atoms with van der Waals surface area (Å²) in [7, 11) is 0. The first-order chi connectivity index (χ1) is 12.5. The van der Waals surface area contributed by atoms with Crippen LogP contribution < -0.4 is 5.43 Å². The Morgan fingerprint density at radius 1 is 0.923 bits per heavy atom. The fraction of sp³-hybridized carbons (Fsp3) is 0.0952. The predicted octanol–water partition coefficient (Wildman–Crippen LogP) is 6.14. The Labute approximate surface area is 159 Å². The number of hydrogen-bond acceptors (Lipinski definition) is 3. The molecule has 0 unspecified atom stereocenters. The lowest BCUT2D eigenvalue weighted by molar-refractivity contribution is 0.467. The van der Waals surface area contributed by atoms with E-state index in [0.29, 0.717) is 21.2 Å². The van der Waals surface area contributed by atoms with Crippen LogP contribution in [0.1, 0.15) is 12.5 Å². The van der Waals surface area contributed by atoms with Crippen molar-refractivity contribution in [2.45, 2.75) is 13.3 Å². The Morgan fingerprint density at radius 3 is 2.35 bits per heavy atom. The Bertz CT molecular complexity index is 1180. The van der Waals surface area contributed by atoms with E-state index in [2.05, 4.69) is 0 Å². The summed E-state index contributed by atoms with van der Waals surface area (Å²) in [4.78, 5) is 12.7. The van der Waals surface area contributed by atoms with Crippen LogP contribution in [-0.4, -0.2) is 5.11 Å². The summed E-state index contributed by atoms with van der Waals surface area (Å²) < 4.78 is 5.32. The van der Waals surface area contributed by atoms with Crippen molar-refractivity contribution in [2.24, 2.45) is 0 Å². The van der Waals surface area contributed by atoms with Crippen LogP contribution in [-0.2, 0) is 6.42 Å². The van der Waals surface area contributed by atoms with Crippen LogP contribution in [0, 0.1) is 0 Å². The van der Waals surface area contributed by atoms with Gasteiger partial charge in [-0.1, -0.05) is 48.3 Å². The van der Waals surface area contributed by atoms with E-state index in [0.717, 1.165) is 23.1 Å². The van der Waals surface area contributed by atoms with Crippen molar-refractivity contribution >= 4 is 34.4 Å². The van der Waals surface area contributed by atoms with Gasteiger partial charge in [-0.15, -0.1) is 0 Å². The third-order valence-electron chi connectivity index (χ3n) is 4.54. The average Bonchev–Trinajstić information content (AvgIpc) is 3.10. The van der Waals surface area contributed by atoms with E-state index < -0.39 is 0 Å². The quantitative estimate of drug-likeness (QED) is 0.461. The van der Waals surface area contributed by atoms with Crippen molar-refractivity contribution in [1.82, 2.24) is 0 Å². The van der Waals surface area contributed by atoms with E-state index in [-0.39, 0.29) is 22.3 Å².